The maximum absolute atomic E-state index is 9.96. The third-order valence-electron chi connectivity index (χ3n) is 5.35. The van der Waals surface area contributed by atoms with E-state index in [0.717, 1.165) is 66.6 Å². The number of hydrogen-bond acceptors (Lipinski definition) is 4. The quantitative estimate of drug-likeness (QED) is 0.534. The molecule has 0 aliphatic carbocycles. The number of aromatic nitrogens is 1. The lowest BCUT2D eigenvalue weighted by Crippen LogP contribution is -2.48. The van der Waals surface area contributed by atoms with Crippen molar-refractivity contribution >= 4 is 11.8 Å². The predicted octanol–water partition coefficient (Wildman–Crippen LogP) is 3.44. The Kier molecular flexibility index (Phi) is 6.96. The van der Waals surface area contributed by atoms with E-state index >= 15 is 0 Å². The number of aliphatic imine (C=N–C) groups is 1. The smallest absolute Gasteiger partial charge is 0.191 e. The average molecular weight is 396 g/mol. The van der Waals surface area contributed by atoms with Crippen LogP contribution in [0.5, 0.6) is 5.75 Å². The van der Waals surface area contributed by atoms with Crippen LogP contribution in [0.4, 0.5) is 5.82 Å². The largest absolute Gasteiger partial charge is 0.507 e. The Morgan fingerprint density at radius 3 is 2.48 bits per heavy atom. The highest BCUT2D eigenvalue weighted by atomic mass is 16.3. The molecule has 1 aliphatic heterocycles. The second-order valence-corrected chi connectivity index (χ2v) is 7.82. The monoisotopic (exact) mass is 395 g/mol. The van der Waals surface area contributed by atoms with Gasteiger partial charge in [-0.25, -0.2) is 9.98 Å². The number of guanidine groups is 1. The Morgan fingerprint density at radius 2 is 1.86 bits per heavy atom. The topological polar surface area (TPSA) is 72.8 Å². The van der Waals surface area contributed by atoms with Gasteiger partial charge < -0.3 is 20.6 Å². The average Bonchev–Trinajstić information content (AvgIpc) is 2.71. The normalized spacial score (nSPS) is 15.4. The Labute approximate surface area is 174 Å². The molecule has 6 heteroatoms. The van der Waals surface area contributed by atoms with Crippen molar-refractivity contribution in [2.75, 3.05) is 24.5 Å². The van der Waals surface area contributed by atoms with Crippen molar-refractivity contribution in [3.05, 3.63) is 52.7 Å². The van der Waals surface area contributed by atoms with Gasteiger partial charge in [0, 0.05) is 31.4 Å². The highest BCUT2D eigenvalue weighted by Crippen LogP contribution is 2.23. The molecule has 0 atom stereocenters. The number of rotatable bonds is 5. The second-order valence-electron chi connectivity index (χ2n) is 7.82. The molecule has 0 saturated carbocycles. The van der Waals surface area contributed by atoms with Gasteiger partial charge in [-0.15, -0.1) is 0 Å². The number of hydrogen-bond donors (Lipinski definition) is 3. The van der Waals surface area contributed by atoms with Crippen molar-refractivity contribution in [1.82, 2.24) is 15.6 Å². The van der Waals surface area contributed by atoms with Gasteiger partial charge in [0.05, 0.1) is 6.54 Å². The van der Waals surface area contributed by atoms with E-state index in [0.29, 0.717) is 18.3 Å². The number of nitrogens with zero attached hydrogens (tertiary/aromatic N) is 3. The van der Waals surface area contributed by atoms with Gasteiger partial charge in [0.2, 0.25) is 0 Å². The Balaban J connectivity index is 1.59. The van der Waals surface area contributed by atoms with Gasteiger partial charge in [0.15, 0.2) is 5.96 Å². The van der Waals surface area contributed by atoms with Crippen LogP contribution in [0.3, 0.4) is 0 Å². The van der Waals surface area contributed by atoms with Crippen molar-refractivity contribution in [3.63, 3.8) is 0 Å². The Bertz CT molecular complexity index is 833. The summed E-state index contributed by atoms with van der Waals surface area (Å²) in [6.07, 6.45) is 2.11. The lowest BCUT2D eigenvalue weighted by atomic mass is 10.1. The van der Waals surface area contributed by atoms with Crippen LogP contribution in [0.15, 0.2) is 35.3 Å². The van der Waals surface area contributed by atoms with Crippen LogP contribution >= 0.6 is 0 Å². The number of aromatic hydroxyl groups is 1. The van der Waals surface area contributed by atoms with E-state index in [9.17, 15) is 5.11 Å². The molecule has 1 saturated heterocycles. The fraction of sp³-hybridized carbons (Fsp3) is 0.478. The third-order valence-corrected chi connectivity index (χ3v) is 5.35. The molecule has 156 valence electrons. The molecule has 0 amide bonds. The summed E-state index contributed by atoms with van der Waals surface area (Å²) in [7, 11) is 0. The zero-order valence-corrected chi connectivity index (χ0v) is 18.0. The summed E-state index contributed by atoms with van der Waals surface area (Å²) in [5, 5.41) is 16.9. The highest BCUT2D eigenvalue weighted by Gasteiger charge is 2.21. The van der Waals surface area contributed by atoms with Crippen LogP contribution in [-0.4, -0.2) is 41.7 Å². The summed E-state index contributed by atoms with van der Waals surface area (Å²) in [4.78, 5) is 11.8. The van der Waals surface area contributed by atoms with Crippen molar-refractivity contribution < 1.29 is 5.11 Å². The van der Waals surface area contributed by atoms with Crippen molar-refractivity contribution in [3.8, 4) is 5.75 Å². The Hall–Kier alpha value is -2.76. The predicted molar refractivity (Wildman–Crippen MR) is 120 cm³/mol. The summed E-state index contributed by atoms with van der Waals surface area (Å²) >= 11 is 0. The van der Waals surface area contributed by atoms with Crippen LogP contribution in [0.1, 0.15) is 42.1 Å². The van der Waals surface area contributed by atoms with E-state index in [-0.39, 0.29) is 0 Å². The second kappa shape index (κ2) is 9.63. The molecule has 2 heterocycles. The molecule has 0 spiro atoms. The first-order valence-corrected chi connectivity index (χ1v) is 10.5. The zero-order valence-electron chi connectivity index (χ0n) is 18.0. The van der Waals surface area contributed by atoms with Gasteiger partial charge in [0.25, 0.3) is 0 Å². The number of phenols is 1. The summed E-state index contributed by atoms with van der Waals surface area (Å²) in [5.74, 6) is 2.29. The lowest BCUT2D eigenvalue weighted by molar-refractivity contribution is 0.459. The highest BCUT2D eigenvalue weighted by molar-refractivity contribution is 5.80. The Morgan fingerprint density at radius 1 is 1.17 bits per heavy atom. The number of pyridine rings is 1. The van der Waals surface area contributed by atoms with Crippen molar-refractivity contribution in [2.45, 2.75) is 53.1 Å². The number of piperidine rings is 1. The van der Waals surface area contributed by atoms with Crippen LogP contribution in [0.25, 0.3) is 0 Å². The maximum atomic E-state index is 9.96. The minimum Gasteiger partial charge on any atom is -0.507 e. The van der Waals surface area contributed by atoms with Crippen LogP contribution in [0.2, 0.25) is 0 Å². The molecule has 0 unspecified atom stereocenters. The zero-order chi connectivity index (χ0) is 20.8. The SMILES string of the molecule is CCNC(=NCc1cc(C)c(O)c(C)c1)NC1CCN(c2cccc(C)n2)CC1. The van der Waals surface area contributed by atoms with E-state index in [1.54, 1.807) is 0 Å². The molecular weight excluding hydrogens is 362 g/mol. The van der Waals surface area contributed by atoms with E-state index in [4.69, 9.17) is 4.99 Å². The number of aryl methyl sites for hydroxylation is 3. The molecule has 3 rings (SSSR count). The van der Waals surface area contributed by atoms with E-state index in [2.05, 4.69) is 39.6 Å². The van der Waals surface area contributed by atoms with Crippen molar-refractivity contribution in [1.29, 1.82) is 0 Å². The van der Waals surface area contributed by atoms with Gasteiger partial charge in [-0.3, -0.25) is 0 Å². The van der Waals surface area contributed by atoms with E-state index in [1.165, 1.54) is 0 Å². The summed E-state index contributed by atoms with van der Waals surface area (Å²) in [6.45, 7) is 11.4. The maximum Gasteiger partial charge on any atom is 0.191 e. The van der Waals surface area contributed by atoms with Crippen LogP contribution in [-0.2, 0) is 6.54 Å². The summed E-state index contributed by atoms with van der Waals surface area (Å²) in [5.41, 5.74) is 3.95. The van der Waals surface area contributed by atoms with Gasteiger partial charge in [0.1, 0.15) is 11.6 Å². The molecule has 0 bridgehead atoms. The van der Waals surface area contributed by atoms with Gasteiger partial charge in [-0.1, -0.05) is 18.2 Å². The van der Waals surface area contributed by atoms with Crippen molar-refractivity contribution in [2.24, 2.45) is 4.99 Å². The third kappa shape index (κ3) is 5.62. The molecule has 29 heavy (non-hydrogen) atoms. The first-order valence-electron chi connectivity index (χ1n) is 10.5. The molecule has 3 N–H and O–H groups in total. The molecule has 0 radical (unpaired) electrons. The lowest BCUT2D eigenvalue weighted by Gasteiger charge is -2.34. The minimum absolute atomic E-state index is 0.373. The molecule has 1 aliphatic rings. The fourth-order valence-corrected chi connectivity index (χ4v) is 3.78. The molecule has 6 nitrogen and oxygen atoms in total. The van der Waals surface area contributed by atoms with Gasteiger partial charge in [-0.05, 0) is 69.4 Å². The number of anilines is 1. The standard InChI is InChI=1S/C23H33N5O/c1-5-24-23(25-15-19-13-16(2)22(29)17(3)14-19)27-20-9-11-28(12-10-20)21-8-6-7-18(4)26-21/h6-8,13-14,20,29H,5,9-12,15H2,1-4H3,(H2,24,25,27). The van der Waals surface area contributed by atoms with Crippen LogP contribution < -0.4 is 15.5 Å². The molecule has 1 fully saturated rings. The van der Waals surface area contributed by atoms with E-state index in [1.807, 2.05) is 39.0 Å². The summed E-state index contributed by atoms with van der Waals surface area (Å²) < 4.78 is 0. The fourth-order valence-electron chi connectivity index (χ4n) is 3.78. The number of phenolic OH excluding ortho intramolecular Hbond substituents is 1. The first-order chi connectivity index (χ1) is 14.0. The van der Waals surface area contributed by atoms with Gasteiger partial charge in [-0.2, -0.15) is 0 Å². The number of benzene rings is 1. The molecule has 2 aromatic rings. The van der Waals surface area contributed by atoms with Gasteiger partial charge >= 0.3 is 0 Å². The molecule has 1 aromatic carbocycles. The van der Waals surface area contributed by atoms with E-state index < -0.39 is 0 Å². The summed E-state index contributed by atoms with van der Waals surface area (Å²) in [6, 6.07) is 10.6. The number of nitrogens with one attached hydrogen (secondary N) is 2. The first kappa shape index (κ1) is 21.0. The molecule has 1 aromatic heterocycles. The minimum atomic E-state index is 0.373. The van der Waals surface area contributed by atoms with Crippen LogP contribution in [0, 0.1) is 20.8 Å². The molecular formula is C23H33N5O.